The minimum atomic E-state index is -4.17. The zero-order valence-electron chi connectivity index (χ0n) is 5.20. The first kappa shape index (κ1) is 9.24. The highest BCUT2D eigenvalue weighted by Gasteiger charge is 2.25. The van der Waals surface area contributed by atoms with Gasteiger partial charge in [-0.25, -0.2) is 0 Å². The summed E-state index contributed by atoms with van der Waals surface area (Å²) in [4.78, 5) is 0. The second-order valence-corrected chi connectivity index (χ2v) is 1.70. The van der Waals surface area contributed by atoms with Gasteiger partial charge in [0.25, 0.3) is 0 Å². The summed E-state index contributed by atoms with van der Waals surface area (Å²) < 4.78 is 34.0. The highest BCUT2D eigenvalue weighted by Crippen LogP contribution is 2.11. The first-order valence-electron chi connectivity index (χ1n) is 2.70. The predicted molar refractivity (Wildman–Crippen MR) is 29.2 cm³/mol. The average Bonchev–Trinajstić information content (AvgIpc) is 1.78. The zero-order valence-corrected chi connectivity index (χ0v) is 5.20. The van der Waals surface area contributed by atoms with Gasteiger partial charge in [-0.3, -0.25) is 0 Å². The Hall–Kier alpha value is -0.760. The monoisotopic (exact) mass is 152 g/mol. The van der Waals surface area contributed by atoms with Crippen LogP contribution in [0.4, 0.5) is 13.2 Å². The molecule has 0 heterocycles. The Morgan fingerprint density at radius 2 is 2.00 bits per heavy atom. The molecule has 58 valence electrons. The normalized spacial score (nSPS) is 11.0. The summed E-state index contributed by atoms with van der Waals surface area (Å²) >= 11 is 0. The van der Waals surface area contributed by atoms with Crippen LogP contribution in [0, 0.1) is 11.3 Å². The summed E-state index contributed by atoms with van der Waals surface area (Å²) in [5.74, 6) is 0. The van der Waals surface area contributed by atoms with Crippen molar-refractivity contribution >= 4 is 0 Å². The summed E-state index contributed by atoms with van der Waals surface area (Å²) in [7, 11) is 0. The average molecular weight is 152 g/mol. The lowest BCUT2D eigenvalue weighted by atomic mass is 10.4. The molecule has 0 bridgehead atoms. The minimum absolute atomic E-state index is 0.0933. The second kappa shape index (κ2) is 4.12. The number of hydrogen-bond donors (Lipinski definition) is 1. The Morgan fingerprint density at radius 1 is 1.40 bits per heavy atom. The first-order valence-corrected chi connectivity index (χ1v) is 2.70. The van der Waals surface area contributed by atoms with Gasteiger partial charge in [0.15, 0.2) is 0 Å². The van der Waals surface area contributed by atoms with Gasteiger partial charge in [-0.05, 0) is 0 Å². The van der Waals surface area contributed by atoms with Crippen LogP contribution in [0.3, 0.4) is 0 Å². The quantitative estimate of drug-likeness (QED) is 0.613. The second-order valence-electron chi connectivity index (χ2n) is 1.70. The molecule has 0 fully saturated rings. The Balaban J connectivity index is 3.14. The van der Waals surface area contributed by atoms with Crippen LogP contribution < -0.4 is 5.32 Å². The fourth-order valence-corrected chi connectivity index (χ4v) is 0.374. The van der Waals surface area contributed by atoms with E-state index in [1.807, 2.05) is 0 Å². The molecule has 0 saturated carbocycles. The smallest absolute Gasteiger partial charge is 0.308 e. The first-order chi connectivity index (χ1) is 4.56. The van der Waals surface area contributed by atoms with Gasteiger partial charge in [0.1, 0.15) is 0 Å². The highest BCUT2D eigenvalue weighted by molar-refractivity contribution is 4.70. The van der Waals surface area contributed by atoms with Crippen LogP contribution in [0.15, 0.2) is 0 Å². The van der Waals surface area contributed by atoms with Crippen molar-refractivity contribution < 1.29 is 13.2 Å². The number of halogens is 3. The van der Waals surface area contributed by atoms with Crippen molar-refractivity contribution in [2.75, 3.05) is 13.1 Å². The van der Waals surface area contributed by atoms with E-state index in [1.165, 1.54) is 0 Å². The summed E-state index contributed by atoms with van der Waals surface area (Å²) in [6.07, 6.45) is -4.06. The molecule has 0 aromatic heterocycles. The van der Waals surface area contributed by atoms with E-state index in [0.29, 0.717) is 0 Å². The molecule has 0 aliphatic heterocycles. The summed E-state index contributed by atoms with van der Waals surface area (Å²) in [6, 6.07) is 1.72. The summed E-state index contributed by atoms with van der Waals surface area (Å²) in [5.41, 5.74) is 0. The van der Waals surface area contributed by atoms with E-state index in [0.717, 1.165) is 0 Å². The van der Waals surface area contributed by atoms with E-state index in [1.54, 1.807) is 6.07 Å². The van der Waals surface area contributed by atoms with Crippen molar-refractivity contribution in [2.45, 2.75) is 12.6 Å². The third-order valence-corrected chi connectivity index (χ3v) is 0.739. The molecule has 10 heavy (non-hydrogen) atoms. The van der Waals surface area contributed by atoms with Crippen molar-refractivity contribution in [3.8, 4) is 6.07 Å². The van der Waals surface area contributed by atoms with Gasteiger partial charge in [0, 0.05) is 13.0 Å². The van der Waals surface area contributed by atoms with Crippen LogP contribution in [0.5, 0.6) is 0 Å². The van der Waals surface area contributed by atoms with E-state index >= 15 is 0 Å². The number of hydrogen-bond acceptors (Lipinski definition) is 2. The Morgan fingerprint density at radius 3 is 2.40 bits per heavy atom. The number of nitriles is 1. The van der Waals surface area contributed by atoms with Gasteiger partial charge in [-0.1, -0.05) is 0 Å². The summed E-state index contributed by atoms with van der Waals surface area (Å²) in [5, 5.41) is 10.0. The lowest BCUT2D eigenvalue weighted by molar-refractivity contribution is -0.124. The lowest BCUT2D eigenvalue weighted by Gasteiger charge is -2.05. The third-order valence-electron chi connectivity index (χ3n) is 0.739. The van der Waals surface area contributed by atoms with Gasteiger partial charge >= 0.3 is 6.18 Å². The predicted octanol–water partition coefficient (Wildman–Crippen LogP) is 1.05. The Kier molecular flexibility index (Phi) is 3.81. The molecule has 0 spiro atoms. The summed E-state index contributed by atoms with van der Waals surface area (Å²) in [6.45, 7) is -0.926. The van der Waals surface area contributed by atoms with Gasteiger partial charge in [0.05, 0.1) is 12.6 Å². The maximum absolute atomic E-state index is 11.3. The van der Waals surface area contributed by atoms with Crippen LogP contribution in [0.1, 0.15) is 6.42 Å². The maximum atomic E-state index is 11.3. The zero-order chi connectivity index (χ0) is 8.04. The van der Waals surface area contributed by atoms with E-state index < -0.39 is 12.7 Å². The standard InChI is InChI=1S/C5H7F3N2/c6-5(7,8)4-10-3-1-2-9/h10H,1,3-4H2. The van der Waals surface area contributed by atoms with Crippen LogP contribution in [0.2, 0.25) is 0 Å². The number of nitrogens with zero attached hydrogens (tertiary/aromatic N) is 1. The Labute approximate surface area is 56.6 Å². The molecular formula is C5H7F3N2. The van der Waals surface area contributed by atoms with E-state index in [4.69, 9.17) is 5.26 Å². The molecule has 0 unspecified atom stereocenters. The largest absolute Gasteiger partial charge is 0.401 e. The van der Waals surface area contributed by atoms with Crippen LogP contribution >= 0.6 is 0 Å². The van der Waals surface area contributed by atoms with E-state index in [9.17, 15) is 13.2 Å². The number of alkyl halides is 3. The fraction of sp³-hybridized carbons (Fsp3) is 0.800. The van der Waals surface area contributed by atoms with Gasteiger partial charge < -0.3 is 5.32 Å². The molecule has 2 nitrogen and oxygen atoms in total. The molecule has 0 aliphatic rings. The van der Waals surface area contributed by atoms with Crippen LogP contribution in [0.25, 0.3) is 0 Å². The highest BCUT2D eigenvalue weighted by atomic mass is 19.4. The number of rotatable bonds is 3. The molecular weight excluding hydrogens is 145 g/mol. The van der Waals surface area contributed by atoms with E-state index in [2.05, 4.69) is 5.32 Å². The van der Waals surface area contributed by atoms with Gasteiger partial charge in [-0.2, -0.15) is 18.4 Å². The van der Waals surface area contributed by atoms with Gasteiger partial charge in [0.2, 0.25) is 0 Å². The molecule has 1 N–H and O–H groups in total. The third kappa shape index (κ3) is 7.24. The van der Waals surface area contributed by atoms with Crippen molar-refractivity contribution in [2.24, 2.45) is 0 Å². The minimum Gasteiger partial charge on any atom is -0.308 e. The van der Waals surface area contributed by atoms with Crippen molar-refractivity contribution in [1.29, 1.82) is 5.26 Å². The van der Waals surface area contributed by atoms with Gasteiger partial charge in [-0.15, -0.1) is 0 Å². The van der Waals surface area contributed by atoms with Crippen LogP contribution in [-0.4, -0.2) is 19.3 Å². The van der Waals surface area contributed by atoms with Crippen molar-refractivity contribution in [3.63, 3.8) is 0 Å². The van der Waals surface area contributed by atoms with E-state index in [-0.39, 0.29) is 13.0 Å². The van der Waals surface area contributed by atoms with Crippen molar-refractivity contribution in [3.05, 3.63) is 0 Å². The topological polar surface area (TPSA) is 35.8 Å². The molecule has 5 heteroatoms. The molecule has 0 aromatic carbocycles. The Bertz CT molecular complexity index is 124. The molecule has 0 radical (unpaired) electrons. The van der Waals surface area contributed by atoms with Crippen molar-refractivity contribution in [1.82, 2.24) is 5.32 Å². The molecule has 0 saturated heterocycles. The maximum Gasteiger partial charge on any atom is 0.401 e. The van der Waals surface area contributed by atoms with Crippen LogP contribution in [-0.2, 0) is 0 Å². The number of nitrogens with one attached hydrogen (secondary N) is 1. The molecule has 0 aromatic rings. The SMILES string of the molecule is N#CCCNCC(F)(F)F. The molecule has 0 rings (SSSR count). The lowest BCUT2D eigenvalue weighted by Crippen LogP contribution is -2.29. The fourth-order valence-electron chi connectivity index (χ4n) is 0.374. The molecule has 0 amide bonds. The molecule has 0 aliphatic carbocycles. The molecule has 0 atom stereocenters.